The van der Waals surface area contributed by atoms with E-state index in [0.29, 0.717) is 5.92 Å². The first-order chi connectivity index (χ1) is 8.56. The standard InChI is InChI=1S/C15H21N3/c1-10(2)8-12-4-6-13(7-5-12)14-9-17-15(18-14)11(3)16/h4-7,9-11H,8,16H2,1-3H3,(H,17,18). The number of rotatable bonds is 4. The minimum atomic E-state index is -0.0565. The van der Waals surface area contributed by atoms with Gasteiger partial charge in [0, 0.05) is 0 Å². The predicted molar refractivity (Wildman–Crippen MR) is 75.2 cm³/mol. The fourth-order valence-corrected chi connectivity index (χ4v) is 2.01. The molecule has 3 heteroatoms. The number of benzene rings is 1. The molecule has 0 radical (unpaired) electrons. The number of imidazole rings is 1. The van der Waals surface area contributed by atoms with Crippen LogP contribution in [0, 0.1) is 5.92 Å². The molecule has 3 nitrogen and oxygen atoms in total. The van der Waals surface area contributed by atoms with Gasteiger partial charge in [-0.15, -0.1) is 0 Å². The second-order valence-electron chi connectivity index (χ2n) is 5.27. The highest BCUT2D eigenvalue weighted by molar-refractivity contribution is 5.58. The van der Waals surface area contributed by atoms with Crippen LogP contribution in [0.15, 0.2) is 30.5 Å². The van der Waals surface area contributed by atoms with Crippen LogP contribution in [0.4, 0.5) is 0 Å². The van der Waals surface area contributed by atoms with Crippen molar-refractivity contribution >= 4 is 0 Å². The Hall–Kier alpha value is -1.61. The minimum absolute atomic E-state index is 0.0565. The van der Waals surface area contributed by atoms with Crippen molar-refractivity contribution in [3.05, 3.63) is 41.9 Å². The Morgan fingerprint density at radius 3 is 2.33 bits per heavy atom. The van der Waals surface area contributed by atoms with Gasteiger partial charge in [0.15, 0.2) is 0 Å². The van der Waals surface area contributed by atoms with Crippen LogP contribution < -0.4 is 5.73 Å². The average molecular weight is 243 g/mol. The average Bonchev–Trinajstić information content (AvgIpc) is 2.78. The summed E-state index contributed by atoms with van der Waals surface area (Å²) in [5.74, 6) is 1.52. The maximum absolute atomic E-state index is 5.79. The molecule has 18 heavy (non-hydrogen) atoms. The number of nitrogens with two attached hydrogens (primary N) is 1. The summed E-state index contributed by atoms with van der Waals surface area (Å²) in [5, 5.41) is 0. The number of nitrogens with zero attached hydrogens (tertiary/aromatic N) is 1. The van der Waals surface area contributed by atoms with E-state index in [1.165, 1.54) is 5.56 Å². The number of H-pyrrole nitrogens is 1. The first kappa shape index (κ1) is 12.8. The highest BCUT2D eigenvalue weighted by atomic mass is 14.9. The lowest BCUT2D eigenvalue weighted by Gasteiger charge is -2.05. The van der Waals surface area contributed by atoms with Crippen LogP contribution in [-0.2, 0) is 6.42 Å². The van der Waals surface area contributed by atoms with E-state index in [4.69, 9.17) is 5.73 Å². The SMILES string of the molecule is CC(C)Cc1ccc(-c2cnc(C(C)N)[nH]2)cc1. The smallest absolute Gasteiger partial charge is 0.123 e. The normalized spacial score (nSPS) is 12.9. The third-order valence-electron chi connectivity index (χ3n) is 2.94. The van der Waals surface area contributed by atoms with E-state index >= 15 is 0 Å². The molecule has 3 N–H and O–H groups in total. The van der Waals surface area contributed by atoms with E-state index in [0.717, 1.165) is 23.5 Å². The molecule has 0 saturated heterocycles. The second kappa shape index (κ2) is 5.36. The Morgan fingerprint density at radius 1 is 1.17 bits per heavy atom. The van der Waals surface area contributed by atoms with Gasteiger partial charge < -0.3 is 10.7 Å². The molecular weight excluding hydrogens is 222 g/mol. The molecule has 0 aliphatic rings. The highest BCUT2D eigenvalue weighted by Crippen LogP contribution is 2.20. The van der Waals surface area contributed by atoms with Gasteiger partial charge in [-0.2, -0.15) is 0 Å². The zero-order valence-electron chi connectivity index (χ0n) is 11.3. The molecule has 1 aromatic carbocycles. The fourth-order valence-electron chi connectivity index (χ4n) is 2.01. The van der Waals surface area contributed by atoms with Gasteiger partial charge in [0.25, 0.3) is 0 Å². The van der Waals surface area contributed by atoms with Crippen LogP contribution in [-0.4, -0.2) is 9.97 Å². The summed E-state index contributed by atoms with van der Waals surface area (Å²) >= 11 is 0. The predicted octanol–water partition coefficient (Wildman–Crippen LogP) is 3.29. The summed E-state index contributed by atoms with van der Waals surface area (Å²) in [7, 11) is 0. The molecule has 0 saturated carbocycles. The molecule has 1 atom stereocenters. The van der Waals surface area contributed by atoms with Gasteiger partial charge in [-0.3, -0.25) is 0 Å². The molecule has 1 aromatic heterocycles. The molecule has 96 valence electrons. The van der Waals surface area contributed by atoms with Crippen molar-refractivity contribution in [2.24, 2.45) is 11.7 Å². The summed E-state index contributed by atoms with van der Waals surface area (Å²) in [4.78, 5) is 7.54. The summed E-state index contributed by atoms with van der Waals surface area (Å²) in [6.07, 6.45) is 2.96. The van der Waals surface area contributed by atoms with Crippen molar-refractivity contribution in [3.63, 3.8) is 0 Å². The van der Waals surface area contributed by atoms with Crippen LogP contribution in [0.5, 0.6) is 0 Å². The number of hydrogen-bond donors (Lipinski definition) is 2. The van der Waals surface area contributed by atoms with E-state index in [1.807, 2.05) is 13.1 Å². The number of aromatic amines is 1. The monoisotopic (exact) mass is 243 g/mol. The molecule has 0 fully saturated rings. The lowest BCUT2D eigenvalue weighted by molar-refractivity contribution is 0.647. The minimum Gasteiger partial charge on any atom is -0.341 e. The fraction of sp³-hybridized carbons (Fsp3) is 0.400. The molecule has 0 spiro atoms. The molecule has 0 amide bonds. The van der Waals surface area contributed by atoms with Crippen LogP contribution in [0.1, 0.15) is 38.2 Å². The maximum atomic E-state index is 5.79. The summed E-state index contributed by atoms with van der Waals surface area (Å²) in [5.41, 5.74) is 9.35. The number of nitrogens with one attached hydrogen (secondary N) is 1. The van der Waals surface area contributed by atoms with Crippen molar-refractivity contribution in [1.29, 1.82) is 0 Å². The van der Waals surface area contributed by atoms with Gasteiger partial charge in [-0.05, 0) is 30.4 Å². The lowest BCUT2D eigenvalue weighted by Crippen LogP contribution is -2.06. The molecule has 0 bridgehead atoms. The van der Waals surface area contributed by atoms with Crippen LogP contribution >= 0.6 is 0 Å². The molecule has 0 aliphatic carbocycles. The largest absolute Gasteiger partial charge is 0.341 e. The zero-order chi connectivity index (χ0) is 13.1. The Morgan fingerprint density at radius 2 is 1.83 bits per heavy atom. The van der Waals surface area contributed by atoms with E-state index in [1.54, 1.807) is 0 Å². The number of hydrogen-bond acceptors (Lipinski definition) is 2. The Balaban J connectivity index is 2.17. The van der Waals surface area contributed by atoms with Crippen molar-refractivity contribution in [2.45, 2.75) is 33.2 Å². The van der Waals surface area contributed by atoms with Crippen LogP contribution in [0.3, 0.4) is 0 Å². The second-order valence-corrected chi connectivity index (χ2v) is 5.27. The van der Waals surface area contributed by atoms with Crippen LogP contribution in [0.2, 0.25) is 0 Å². The molecule has 1 unspecified atom stereocenters. The number of aromatic nitrogens is 2. The van der Waals surface area contributed by atoms with Gasteiger partial charge in [0.05, 0.1) is 17.9 Å². The first-order valence-electron chi connectivity index (χ1n) is 6.46. The summed E-state index contributed by atoms with van der Waals surface area (Å²) in [6, 6.07) is 8.58. The van der Waals surface area contributed by atoms with Crippen molar-refractivity contribution in [1.82, 2.24) is 9.97 Å². The molecule has 2 aromatic rings. The van der Waals surface area contributed by atoms with Crippen molar-refractivity contribution in [2.75, 3.05) is 0 Å². The topological polar surface area (TPSA) is 54.7 Å². The van der Waals surface area contributed by atoms with Crippen molar-refractivity contribution in [3.8, 4) is 11.3 Å². The molecule has 2 rings (SSSR count). The van der Waals surface area contributed by atoms with E-state index < -0.39 is 0 Å². The third kappa shape index (κ3) is 2.99. The summed E-state index contributed by atoms with van der Waals surface area (Å²) in [6.45, 7) is 6.39. The molecule has 1 heterocycles. The molecule has 0 aliphatic heterocycles. The third-order valence-corrected chi connectivity index (χ3v) is 2.94. The highest BCUT2D eigenvalue weighted by Gasteiger charge is 2.06. The zero-order valence-corrected chi connectivity index (χ0v) is 11.3. The Kier molecular flexibility index (Phi) is 3.82. The Labute approximate surface area is 108 Å². The first-order valence-corrected chi connectivity index (χ1v) is 6.46. The quantitative estimate of drug-likeness (QED) is 0.865. The van der Waals surface area contributed by atoms with Gasteiger partial charge in [-0.25, -0.2) is 4.98 Å². The Bertz CT molecular complexity index is 495. The van der Waals surface area contributed by atoms with Crippen molar-refractivity contribution < 1.29 is 0 Å². The van der Waals surface area contributed by atoms with Gasteiger partial charge >= 0.3 is 0 Å². The van der Waals surface area contributed by atoms with Gasteiger partial charge in [0.1, 0.15) is 5.82 Å². The van der Waals surface area contributed by atoms with Crippen LogP contribution in [0.25, 0.3) is 11.3 Å². The summed E-state index contributed by atoms with van der Waals surface area (Å²) < 4.78 is 0. The van der Waals surface area contributed by atoms with E-state index in [2.05, 4.69) is 48.1 Å². The van der Waals surface area contributed by atoms with Gasteiger partial charge in [0.2, 0.25) is 0 Å². The molecular formula is C15H21N3. The van der Waals surface area contributed by atoms with E-state index in [9.17, 15) is 0 Å². The van der Waals surface area contributed by atoms with E-state index in [-0.39, 0.29) is 6.04 Å². The maximum Gasteiger partial charge on any atom is 0.123 e. The lowest BCUT2D eigenvalue weighted by atomic mass is 10.0. The van der Waals surface area contributed by atoms with Gasteiger partial charge in [-0.1, -0.05) is 38.1 Å².